The number of hydrogen-bond acceptors (Lipinski definition) is 3. The Morgan fingerprint density at radius 2 is 2.12 bits per heavy atom. The summed E-state index contributed by atoms with van der Waals surface area (Å²) in [7, 11) is 0. The smallest absolute Gasteiger partial charge is 0.227 e. The van der Waals surface area contributed by atoms with Crippen molar-refractivity contribution in [1.82, 2.24) is 9.88 Å². The van der Waals surface area contributed by atoms with Gasteiger partial charge in [0.25, 0.3) is 0 Å². The third-order valence-electron chi connectivity index (χ3n) is 5.62. The van der Waals surface area contributed by atoms with Gasteiger partial charge in [0.15, 0.2) is 0 Å². The van der Waals surface area contributed by atoms with Crippen LogP contribution in [0.2, 0.25) is 0 Å². The summed E-state index contributed by atoms with van der Waals surface area (Å²) in [4.78, 5) is 19.8. The van der Waals surface area contributed by atoms with Gasteiger partial charge in [0.05, 0.1) is 30.7 Å². The van der Waals surface area contributed by atoms with E-state index in [9.17, 15) is 4.79 Å². The number of carbonyl (C=O) groups excluding carboxylic acids is 1. The van der Waals surface area contributed by atoms with E-state index in [2.05, 4.69) is 17.9 Å². The molecule has 0 unspecified atom stereocenters. The van der Waals surface area contributed by atoms with Crippen LogP contribution < -0.4 is 0 Å². The monoisotopic (exact) mass is 324 g/mol. The molecule has 1 aliphatic carbocycles. The van der Waals surface area contributed by atoms with Gasteiger partial charge in [-0.3, -0.25) is 9.78 Å². The van der Waals surface area contributed by atoms with Crippen LogP contribution in [0.3, 0.4) is 0 Å². The van der Waals surface area contributed by atoms with Crippen molar-refractivity contribution in [1.29, 1.82) is 0 Å². The van der Waals surface area contributed by atoms with E-state index in [0.29, 0.717) is 13.0 Å². The number of aromatic nitrogens is 1. The molecule has 2 atom stereocenters. The van der Waals surface area contributed by atoms with Gasteiger partial charge in [-0.2, -0.15) is 0 Å². The molecule has 2 aromatic rings. The third kappa shape index (κ3) is 2.59. The van der Waals surface area contributed by atoms with Crippen molar-refractivity contribution in [3.05, 3.63) is 41.1 Å². The maximum Gasteiger partial charge on any atom is 0.227 e. The van der Waals surface area contributed by atoms with E-state index >= 15 is 0 Å². The summed E-state index contributed by atoms with van der Waals surface area (Å²) in [5, 5.41) is 1.15. The molecule has 2 fully saturated rings. The SMILES string of the molecule is Cc1nc2ccccc2c(C)c1CC(=O)N1CCO[C@@H]2CCC[C@@H]21. The lowest BCUT2D eigenvalue weighted by atomic mass is 9.98. The molecule has 0 bridgehead atoms. The number of fused-ring (bicyclic) bond motifs is 2. The van der Waals surface area contributed by atoms with Crippen LogP contribution in [0.25, 0.3) is 10.9 Å². The van der Waals surface area contributed by atoms with Crippen molar-refractivity contribution in [2.45, 2.75) is 51.7 Å². The Bertz CT molecular complexity index is 787. The highest BCUT2D eigenvalue weighted by Crippen LogP contribution is 2.31. The molecule has 126 valence electrons. The van der Waals surface area contributed by atoms with E-state index < -0.39 is 0 Å². The van der Waals surface area contributed by atoms with Gasteiger partial charge < -0.3 is 9.64 Å². The van der Waals surface area contributed by atoms with Crippen LogP contribution in [0.5, 0.6) is 0 Å². The highest BCUT2D eigenvalue weighted by molar-refractivity contribution is 5.86. The second kappa shape index (κ2) is 6.17. The van der Waals surface area contributed by atoms with Gasteiger partial charge in [0, 0.05) is 17.6 Å². The van der Waals surface area contributed by atoms with Crippen LogP contribution in [0.4, 0.5) is 0 Å². The van der Waals surface area contributed by atoms with Crippen molar-refractivity contribution >= 4 is 16.8 Å². The number of carbonyl (C=O) groups is 1. The number of hydrogen-bond donors (Lipinski definition) is 0. The first kappa shape index (κ1) is 15.6. The Morgan fingerprint density at radius 1 is 1.29 bits per heavy atom. The molecule has 0 spiro atoms. The highest BCUT2D eigenvalue weighted by atomic mass is 16.5. The number of morpholine rings is 1. The number of benzene rings is 1. The van der Waals surface area contributed by atoms with Crippen molar-refractivity contribution < 1.29 is 9.53 Å². The molecule has 0 radical (unpaired) electrons. The van der Waals surface area contributed by atoms with E-state index in [0.717, 1.165) is 48.0 Å². The summed E-state index contributed by atoms with van der Waals surface area (Å²) in [5.41, 5.74) is 4.24. The topological polar surface area (TPSA) is 42.4 Å². The fourth-order valence-electron chi connectivity index (χ4n) is 4.32. The number of nitrogens with zero attached hydrogens (tertiary/aromatic N) is 2. The maximum atomic E-state index is 13.0. The van der Waals surface area contributed by atoms with Gasteiger partial charge in [0.1, 0.15) is 0 Å². The van der Waals surface area contributed by atoms with E-state index in [1.807, 2.05) is 25.1 Å². The average Bonchev–Trinajstić information content (AvgIpc) is 3.07. The molecule has 1 saturated heterocycles. The molecule has 1 aliphatic heterocycles. The molecule has 24 heavy (non-hydrogen) atoms. The molecule has 1 saturated carbocycles. The van der Waals surface area contributed by atoms with Crippen LogP contribution in [0.15, 0.2) is 24.3 Å². The van der Waals surface area contributed by atoms with Gasteiger partial charge >= 0.3 is 0 Å². The molecular weight excluding hydrogens is 300 g/mol. The van der Waals surface area contributed by atoms with Crippen molar-refractivity contribution in [3.8, 4) is 0 Å². The summed E-state index contributed by atoms with van der Waals surface area (Å²) in [6.45, 7) is 5.51. The van der Waals surface area contributed by atoms with Crippen LogP contribution in [0.1, 0.15) is 36.1 Å². The first-order chi connectivity index (χ1) is 11.6. The first-order valence-corrected chi connectivity index (χ1v) is 8.91. The average molecular weight is 324 g/mol. The Hall–Kier alpha value is -1.94. The molecule has 1 aromatic carbocycles. The lowest BCUT2D eigenvalue weighted by Crippen LogP contribution is -2.51. The zero-order chi connectivity index (χ0) is 16.7. The molecule has 1 amide bonds. The standard InChI is InChI=1S/C20H24N2O2/c1-13-15-6-3-4-7-17(15)21-14(2)16(13)12-20(23)22-10-11-24-19-9-5-8-18(19)22/h3-4,6-7,18-19H,5,8-12H2,1-2H3/t18-,19+/m0/s1. The highest BCUT2D eigenvalue weighted by Gasteiger charge is 2.38. The quantitative estimate of drug-likeness (QED) is 0.852. The van der Waals surface area contributed by atoms with Gasteiger partial charge in [-0.25, -0.2) is 0 Å². The van der Waals surface area contributed by atoms with Crippen molar-refractivity contribution in [2.75, 3.05) is 13.2 Å². The predicted molar refractivity (Wildman–Crippen MR) is 94.0 cm³/mol. The van der Waals surface area contributed by atoms with Crippen LogP contribution >= 0.6 is 0 Å². The number of ether oxygens (including phenoxy) is 1. The Balaban J connectivity index is 1.63. The van der Waals surface area contributed by atoms with Gasteiger partial charge in [-0.05, 0) is 50.3 Å². The zero-order valence-electron chi connectivity index (χ0n) is 14.4. The Kier molecular flexibility index (Phi) is 4.01. The summed E-state index contributed by atoms with van der Waals surface area (Å²) in [5.74, 6) is 0.221. The van der Waals surface area contributed by atoms with Gasteiger partial charge in [-0.1, -0.05) is 18.2 Å². The molecule has 2 heterocycles. The minimum atomic E-state index is 0.221. The second-order valence-corrected chi connectivity index (χ2v) is 6.99. The van der Waals surface area contributed by atoms with Gasteiger partial charge in [0.2, 0.25) is 5.91 Å². The molecule has 2 aliphatic rings. The normalized spacial score (nSPS) is 23.5. The molecule has 4 nitrogen and oxygen atoms in total. The zero-order valence-corrected chi connectivity index (χ0v) is 14.4. The third-order valence-corrected chi connectivity index (χ3v) is 5.62. The summed E-state index contributed by atoms with van der Waals surface area (Å²) in [6.07, 6.45) is 4.02. The molecule has 4 rings (SSSR count). The fourth-order valence-corrected chi connectivity index (χ4v) is 4.32. The summed E-state index contributed by atoms with van der Waals surface area (Å²) >= 11 is 0. The number of aryl methyl sites for hydroxylation is 2. The van der Waals surface area contributed by atoms with E-state index in [1.165, 1.54) is 5.56 Å². The second-order valence-electron chi connectivity index (χ2n) is 6.99. The van der Waals surface area contributed by atoms with Crippen LogP contribution in [-0.2, 0) is 16.0 Å². The molecule has 0 N–H and O–H groups in total. The van der Waals surface area contributed by atoms with E-state index in [1.54, 1.807) is 0 Å². The first-order valence-electron chi connectivity index (χ1n) is 8.91. The number of amides is 1. The number of rotatable bonds is 2. The van der Waals surface area contributed by atoms with E-state index in [4.69, 9.17) is 9.72 Å². The fraction of sp³-hybridized carbons (Fsp3) is 0.500. The lowest BCUT2D eigenvalue weighted by molar-refractivity contribution is -0.143. The minimum absolute atomic E-state index is 0.221. The van der Waals surface area contributed by atoms with E-state index in [-0.39, 0.29) is 18.1 Å². The number of pyridine rings is 1. The Morgan fingerprint density at radius 3 is 3.00 bits per heavy atom. The maximum absolute atomic E-state index is 13.0. The summed E-state index contributed by atoms with van der Waals surface area (Å²) in [6, 6.07) is 8.44. The molecule has 4 heteroatoms. The minimum Gasteiger partial charge on any atom is -0.374 e. The van der Waals surface area contributed by atoms with Crippen LogP contribution in [-0.4, -0.2) is 41.1 Å². The lowest BCUT2D eigenvalue weighted by Gasteiger charge is -2.38. The molecule has 1 aromatic heterocycles. The van der Waals surface area contributed by atoms with Crippen molar-refractivity contribution in [3.63, 3.8) is 0 Å². The van der Waals surface area contributed by atoms with Crippen molar-refractivity contribution in [2.24, 2.45) is 0 Å². The van der Waals surface area contributed by atoms with Crippen LogP contribution in [0, 0.1) is 13.8 Å². The summed E-state index contributed by atoms with van der Waals surface area (Å²) < 4.78 is 5.83. The van der Waals surface area contributed by atoms with Gasteiger partial charge in [-0.15, -0.1) is 0 Å². The Labute approximate surface area is 142 Å². The number of para-hydroxylation sites is 1. The molecular formula is C20H24N2O2. The predicted octanol–water partition coefficient (Wildman–Crippen LogP) is 3.17. The largest absolute Gasteiger partial charge is 0.374 e.